The van der Waals surface area contributed by atoms with Crippen LogP contribution in [0.4, 0.5) is 4.79 Å². The summed E-state index contributed by atoms with van der Waals surface area (Å²) < 4.78 is 31.6. The fraction of sp³-hybridized carbons (Fsp3) is 0.600. The summed E-state index contributed by atoms with van der Waals surface area (Å²) in [6, 6.07) is -9.58. The minimum atomic E-state index is -4.67. The maximum Gasteiger partial charge on any atom is 0.394 e. The van der Waals surface area contributed by atoms with Crippen molar-refractivity contribution in [2.24, 2.45) is 22.2 Å². The molecule has 7 unspecified atom stereocenters. The molecule has 2 rings (SSSR count). The van der Waals surface area contributed by atoms with Crippen LogP contribution in [-0.2, 0) is 39.2 Å². The van der Waals surface area contributed by atoms with Crippen molar-refractivity contribution < 1.29 is 66.4 Å². The average molecular weight is 769 g/mol. The highest BCUT2D eigenvalue weighted by Gasteiger charge is 2.38. The molecule has 19 N–H and O–H groups in total. The molecule has 0 aromatic carbocycles. The van der Waals surface area contributed by atoms with Gasteiger partial charge in [-0.15, -0.1) is 0 Å². The number of rotatable bonds is 9. The van der Waals surface area contributed by atoms with Gasteiger partial charge in [0.25, 0.3) is 5.91 Å². The van der Waals surface area contributed by atoms with E-state index in [4.69, 9.17) is 34.7 Å². The van der Waals surface area contributed by atoms with Gasteiger partial charge in [-0.05, 0) is 6.42 Å². The summed E-state index contributed by atoms with van der Waals surface area (Å²) >= 11 is 0. The van der Waals surface area contributed by atoms with Crippen molar-refractivity contribution in [3.8, 4) is 0 Å². The van der Waals surface area contributed by atoms with E-state index >= 15 is 0 Å². The molecule has 1 fully saturated rings. The van der Waals surface area contributed by atoms with Crippen LogP contribution in [0.15, 0.2) is 16.9 Å². The van der Waals surface area contributed by atoms with Gasteiger partial charge in [0.2, 0.25) is 29.5 Å². The van der Waals surface area contributed by atoms with Gasteiger partial charge in [0.1, 0.15) is 29.9 Å². The van der Waals surface area contributed by atoms with Gasteiger partial charge >= 0.3 is 16.4 Å². The third kappa shape index (κ3) is 16.7. The van der Waals surface area contributed by atoms with Crippen LogP contribution in [0, 0.1) is 0 Å². The molecule has 294 valence electrons. The second-order valence-corrected chi connectivity index (χ2v) is 11.9. The molecule has 0 aromatic heterocycles. The number of urea groups is 1. The van der Waals surface area contributed by atoms with Gasteiger partial charge in [0, 0.05) is 31.6 Å². The summed E-state index contributed by atoms with van der Waals surface area (Å²) in [7, 11) is -4.67. The monoisotopic (exact) mass is 768 g/mol. The molecule has 0 aromatic rings. The van der Waals surface area contributed by atoms with Crippen molar-refractivity contribution in [1.29, 1.82) is 0 Å². The largest absolute Gasteiger partial charge is 0.394 e. The van der Waals surface area contributed by atoms with Crippen LogP contribution in [0.1, 0.15) is 32.6 Å². The standard InChI is InChI=1S/C25H42N12O10.H2O4S/c1-2-3-10(26)4-16(40)31-13-6-29-19(42)12(7-30-25(28)47)32-21(44)14(8-38)33-22(45)15(9-39)34-23(46)18(37-20(13)43)11-5-17(41)36-24(27)35-11;1-5(2,3)4/h7,10-11,13-15,17-18,38-39,41H,2-6,8-9,26H2,1H3,(H,29,42)(H,31,40)(H,32,44)(H,33,45)(H,34,46)(H,37,43)(H3,27,35,36)(H3,28,30,47);(H2,1,2,3,4)/b12-7+;. The van der Waals surface area contributed by atoms with E-state index in [9.17, 15) is 48.9 Å². The number of guanidine groups is 1. The molecule has 0 radical (unpaired) electrons. The predicted molar refractivity (Wildman–Crippen MR) is 175 cm³/mol. The van der Waals surface area contributed by atoms with Gasteiger partial charge in [0.15, 0.2) is 12.2 Å². The molecule has 0 aliphatic carbocycles. The molecule has 0 bridgehead atoms. The van der Waals surface area contributed by atoms with E-state index in [-0.39, 0.29) is 18.8 Å². The lowest BCUT2D eigenvalue weighted by Gasteiger charge is -2.34. The van der Waals surface area contributed by atoms with E-state index in [1.807, 2.05) is 12.2 Å². The number of carbonyl (C=O) groups is 7. The van der Waals surface area contributed by atoms with Crippen molar-refractivity contribution >= 4 is 57.8 Å². The zero-order valence-electron chi connectivity index (χ0n) is 27.6. The average Bonchev–Trinajstić information content (AvgIpc) is 3.02. The normalized spacial score (nSPS) is 26.3. The zero-order valence-corrected chi connectivity index (χ0v) is 28.4. The molecule has 2 aliphatic heterocycles. The Morgan fingerprint density at radius 3 is 2.10 bits per heavy atom. The lowest BCUT2D eigenvalue weighted by Crippen LogP contribution is -2.66. The van der Waals surface area contributed by atoms with Crippen LogP contribution in [0.3, 0.4) is 0 Å². The smallest absolute Gasteiger partial charge is 0.394 e. The van der Waals surface area contributed by atoms with E-state index in [2.05, 4.69) is 42.2 Å². The van der Waals surface area contributed by atoms with Crippen molar-refractivity contribution in [3.05, 3.63) is 11.9 Å². The number of nitrogens with one attached hydrogen (secondary N) is 8. The van der Waals surface area contributed by atoms with Gasteiger partial charge in [-0.3, -0.25) is 37.9 Å². The van der Waals surface area contributed by atoms with Gasteiger partial charge < -0.3 is 75.1 Å². The Bertz CT molecular complexity index is 1490. The van der Waals surface area contributed by atoms with Gasteiger partial charge in [0.05, 0.1) is 19.3 Å². The van der Waals surface area contributed by atoms with E-state index in [1.54, 1.807) is 0 Å². The highest BCUT2D eigenvalue weighted by atomic mass is 32.3. The van der Waals surface area contributed by atoms with Gasteiger partial charge in [-0.1, -0.05) is 13.3 Å². The summed E-state index contributed by atoms with van der Waals surface area (Å²) in [5.74, 6) is -6.57. The maximum absolute atomic E-state index is 13.6. The molecule has 7 atom stereocenters. The van der Waals surface area contributed by atoms with Crippen LogP contribution in [0.25, 0.3) is 0 Å². The molecule has 2 heterocycles. The van der Waals surface area contributed by atoms with E-state index in [1.165, 1.54) is 0 Å². The number of aliphatic imine (C=N–C) groups is 1. The lowest BCUT2D eigenvalue weighted by atomic mass is 10.0. The van der Waals surface area contributed by atoms with Crippen LogP contribution < -0.4 is 59.7 Å². The second kappa shape index (κ2) is 21.2. The summed E-state index contributed by atoms with van der Waals surface area (Å²) in [6.07, 6.45) is -0.0355. The number of aliphatic hydroxyl groups is 3. The first-order chi connectivity index (χ1) is 24.2. The molecule has 2 aliphatic rings. The van der Waals surface area contributed by atoms with Crippen molar-refractivity contribution in [2.45, 2.75) is 75.1 Å². The summed E-state index contributed by atoms with van der Waals surface area (Å²) in [6.45, 7) is -0.833. The number of carbonyl (C=O) groups excluding carboxylic acids is 7. The number of hydrogen-bond donors (Lipinski definition) is 16. The fourth-order valence-corrected chi connectivity index (χ4v) is 4.46. The Morgan fingerprint density at radius 1 is 0.981 bits per heavy atom. The van der Waals surface area contributed by atoms with Crippen molar-refractivity contribution in [3.63, 3.8) is 0 Å². The summed E-state index contributed by atoms with van der Waals surface area (Å²) in [5, 5.41) is 48.0. The zero-order chi connectivity index (χ0) is 39.8. The lowest BCUT2D eigenvalue weighted by molar-refractivity contribution is -0.136. The summed E-state index contributed by atoms with van der Waals surface area (Å²) in [4.78, 5) is 93.8. The number of aliphatic hydroxyl groups excluding tert-OH is 3. The Balaban J connectivity index is 0.00000252. The van der Waals surface area contributed by atoms with E-state index in [0.717, 1.165) is 0 Å². The van der Waals surface area contributed by atoms with Crippen LogP contribution in [0.5, 0.6) is 0 Å². The Hall–Kier alpha value is -5.19. The second-order valence-electron chi connectivity index (χ2n) is 11.0. The molecule has 26 nitrogen and oxygen atoms in total. The summed E-state index contributed by atoms with van der Waals surface area (Å²) in [5.41, 5.74) is 16.1. The van der Waals surface area contributed by atoms with E-state index < -0.39 is 120 Å². The first-order valence-corrected chi connectivity index (χ1v) is 16.6. The molecule has 1 saturated heterocycles. The molecule has 0 spiro atoms. The third-order valence-electron chi connectivity index (χ3n) is 6.79. The number of nitrogens with zero attached hydrogens (tertiary/aromatic N) is 1. The van der Waals surface area contributed by atoms with Crippen molar-refractivity contribution in [2.75, 3.05) is 19.8 Å². The first-order valence-electron chi connectivity index (χ1n) is 15.2. The molecular weight excluding hydrogens is 724 g/mol. The number of nitrogens with two attached hydrogens (primary N) is 3. The number of hydrogen-bond acceptors (Lipinski definition) is 16. The van der Waals surface area contributed by atoms with Crippen molar-refractivity contribution in [1.82, 2.24) is 42.5 Å². The van der Waals surface area contributed by atoms with E-state index in [0.29, 0.717) is 19.0 Å². The number of primary amides is 1. The Labute approximate surface area is 295 Å². The molecule has 0 saturated carbocycles. The Kier molecular flexibility index (Phi) is 18.3. The fourth-order valence-electron chi connectivity index (χ4n) is 4.46. The SMILES string of the molecule is CCCC(N)CC(=O)NC1CNC(=O)/C(=C\NC(N)=O)NC(=O)C(CO)NC(=O)C(CO)NC(=O)C(C2CC(O)N=C(N)N2)NC1=O.O=S(=O)(O)O. The third-order valence-corrected chi connectivity index (χ3v) is 6.79. The Morgan fingerprint density at radius 2 is 1.56 bits per heavy atom. The van der Waals surface area contributed by atoms with Gasteiger partial charge in [-0.25, -0.2) is 9.79 Å². The predicted octanol–water partition coefficient (Wildman–Crippen LogP) is -8.47. The molecular formula is C25H44N12O14S. The van der Waals surface area contributed by atoms with Crippen LogP contribution in [-0.4, -0.2) is 143 Å². The van der Waals surface area contributed by atoms with Crippen LogP contribution >= 0.6 is 0 Å². The first kappa shape index (κ1) is 44.8. The van der Waals surface area contributed by atoms with Gasteiger partial charge in [-0.2, -0.15) is 8.42 Å². The quantitative estimate of drug-likeness (QED) is 0.0765. The minimum absolute atomic E-state index is 0.210. The topological polar surface area (TPSA) is 441 Å². The minimum Gasteiger partial charge on any atom is -0.394 e. The molecule has 8 amide bonds. The van der Waals surface area contributed by atoms with Crippen LogP contribution in [0.2, 0.25) is 0 Å². The highest BCUT2D eigenvalue weighted by Crippen LogP contribution is 2.11. The highest BCUT2D eigenvalue weighted by molar-refractivity contribution is 7.79. The molecule has 27 heteroatoms. The maximum atomic E-state index is 13.6. The molecule has 52 heavy (non-hydrogen) atoms. The number of amides is 8.